The molecule has 0 aromatic heterocycles. The molecule has 0 aromatic carbocycles. The minimum Gasteiger partial charge on any atom is -0.446 e. The van der Waals surface area contributed by atoms with Crippen LogP contribution in [-0.2, 0) is 4.74 Å². The topological polar surface area (TPSA) is 78.3 Å². The summed E-state index contributed by atoms with van der Waals surface area (Å²) >= 11 is 0. The van der Waals surface area contributed by atoms with Crippen molar-refractivity contribution in [2.24, 2.45) is 11.5 Å². The van der Waals surface area contributed by atoms with Crippen LogP contribution in [0.25, 0.3) is 0 Å². The molecule has 0 spiro atoms. The SMILES string of the molecule is CC1(N)CC(OC(N)=O)C1. The number of primary amides is 1. The molecule has 1 amide bonds. The van der Waals surface area contributed by atoms with Crippen LogP contribution < -0.4 is 11.5 Å². The number of hydrogen-bond donors (Lipinski definition) is 2. The molecule has 0 atom stereocenters. The first-order chi connectivity index (χ1) is 4.49. The minimum absolute atomic E-state index is 0.0486. The smallest absolute Gasteiger partial charge is 0.404 e. The van der Waals surface area contributed by atoms with Gasteiger partial charge in [-0.15, -0.1) is 0 Å². The second kappa shape index (κ2) is 2.12. The molecule has 4 N–H and O–H groups in total. The van der Waals surface area contributed by atoms with Gasteiger partial charge in [0.15, 0.2) is 0 Å². The van der Waals surface area contributed by atoms with Crippen molar-refractivity contribution >= 4 is 6.09 Å². The largest absolute Gasteiger partial charge is 0.446 e. The van der Waals surface area contributed by atoms with Gasteiger partial charge in [0.1, 0.15) is 6.10 Å². The van der Waals surface area contributed by atoms with Gasteiger partial charge in [-0.3, -0.25) is 0 Å². The molecule has 1 aliphatic carbocycles. The van der Waals surface area contributed by atoms with Crippen LogP contribution in [0.3, 0.4) is 0 Å². The van der Waals surface area contributed by atoms with Gasteiger partial charge < -0.3 is 16.2 Å². The van der Waals surface area contributed by atoms with Crippen LogP contribution in [0.2, 0.25) is 0 Å². The lowest BCUT2D eigenvalue weighted by molar-refractivity contribution is 0.0144. The first-order valence-electron chi connectivity index (χ1n) is 3.24. The second-order valence-electron chi connectivity index (χ2n) is 3.12. The second-order valence-corrected chi connectivity index (χ2v) is 3.12. The number of ether oxygens (including phenoxy) is 1. The van der Waals surface area contributed by atoms with Crippen molar-refractivity contribution in [2.75, 3.05) is 0 Å². The van der Waals surface area contributed by atoms with E-state index in [9.17, 15) is 4.79 Å². The Kier molecular flexibility index (Phi) is 1.56. The third-order valence-corrected chi connectivity index (χ3v) is 1.67. The third-order valence-electron chi connectivity index (χ3n) is 1.67. The molecular formula is C6H12N2O2. The predicted octanol–water partition coefficient (Wildman–Crippen LogP) is -0.0385. The Morgan fingerprint density at radius 2 is 2.20 bits per heavy atom. The van der Waals surface area contributed by atoms with Crippen LogP contribution in [0, 0.1) is 0 Å². The summed E-state index contributed by atoms with van der Waals surface area (Å²) in [5, 5.41) is 0. The molecule has 4 nitrogen and oxygen atoms in total. The molecule has 1 rings (SSSR count). The van der Waals surface area contributed by atoms with E-state index < -0.39 is 6.09 Å². The molecule has 1 fully saturated rings. The predicted molar refractivity (Wildman–Crippen MR) is 36.3 cm³/mol. The van der Waals surface area contributed by atoms with Crippen LogP contribution in [0.4, 0.5) is 4.79 Å². The van der Waals surface area contributed by atoms with Crippen molar-refractivity contribution < 1.29 is 9.53 Å². The van der Waals surface area contributed by atoms with Crippen molar-refractivity contribution in [1.29, 1.82) is 0 Å². The van der Waals surface area contributed by atoms with E-state index in [0.29, 0.717) is 0 Å². The van der Waals surface area contributed by atoms with E-state index in [2.05, 4.69) is 4.74 Å². The van der Waals surface area contributed by atoms with Crippen LogP contribution in [0.15, 0.2) is 0 Å². The average molecular weight is 144 g/mol. The zero-order chi connectivity index (χ0) is 7.78. The lowest BCUT2D eigenvalue weighted by Gasteiger charge is -2.40. The first kappa shape index (κ1) is 7.34. The van der Waals surface area contributed by atoms with Crippen LogP contribution in [-0.4, -0.2) is 17.7 Å². The fourth-order valence-electron chi connectivity index (χ4n) is 1.23. The Morgan fingerprint density at radius 1 is 1.70 bits per heavy atom. The summed E-state index contributed by atoms with van der Waals surface area (Å²) in [6, 6.07) is 0. The fourth-order valence-corrected chi connectivity index (χ4v) is 1.23. The molecule has 10 heavy (non-hydrogen) atoms. The lowest BCUT2D eigenvalue weighted by atomic mass is 9.77. The number of carbonyl (C=O) groups excluding carboxylic acids is 1. The van der Waals surface area contributed by atoms with Crippen molar-refractivity contribution in [3.63, 3.8) is 0 Å². The monoisotopic (exact) mass is 144 g/mol. The maximum Gasteiger partial charge on any atom is 0.404 e. The first-order valence-corrected chi connectivity index (χ1v) is 3.24. The Bertz CT molecular complexity index is 148. The minimum atomic E-state index is -0.708. The summed E-state index contributed by atoms with van der Waals surface area (Å²) in [5.41, 5.74) is 10.3. The molecule has 4 heteroatoms. The van der Waals surface area contributed by atoms with Gasteiger partial charge in [-0.25, -0.2) is 4.79 Å². The van der Waals surface area contributed by atoms with E-state index in [1.807, 2.05) is 6.92 Å². The molecule has 0 unspecified atom stereocenters. The van der Waals surface area contributed by atoms with Crippen LogP contribution in [0.1, 0.15) is 19.8 Å². The third kappa shape index (κ3) is 1.60. The lowest BCUT2D eigenvalue weighted by Crippen LogP contribution is -2.53. The summed E-state index contributed by atoms with van der Waals surface area (Å²) in [4.78, 5) is 10.2. The maximum absolute atomic E-state index is 10.2. The van der Waals surface area contributed by atoms with Gasteiger partial charge in [0, 0.05) is 18.4 Å². The molecule has 0 aromatic rings. The molecule has 0 bridgehead atoms. The van der Waals surface area contributed by atoms with E-state index in [1.54, 1.807) is 0 Å². The quantitative estimate of drug-likeness (QED) is 0.542. The standard InChI is InChI=1S/C6H12N2O2/c1-6(8)2-4(3-6)10-5(7)9/h4H,2-3,8H2,1H3,(H2,7,9). The molecule has 0 heterocycles. The number of carbonyl (C=O) groups is 1. The molecule has 58 valence electrons. The van der Waals surface area contributed by atoms with Crippen molar-refractivity contribution in [1.82, 2.24) is 0 Å². The average Bonchev–Trinajstić information content (AvgIpc) is 1.57. The van der Waals surface area contributed by atoms with E-state index in [1.165, 1.54) is 0 Å². The Morgan fingerprint density at radius 3 is 2.50 bits per heavy atom. The van der Waals surface area contributed by atoms with Crippen molar-refractivity contribution in [3.8, 4) is 0 Å². The highest BCUT2D eigenvalue weighted by atomic mass is 16.6. The summed E-state index contributed by atoms with van der Waals surface area (Å²) in [6.07, 6.45) is 0.680. The molecule has 0 aliphatic heterocycles. The van der Waals surface area contributed by atoms with Crippen molar-refractivity contribution in [3.05, 3.63) is 0 Å². The van der Waals surface area contributed by atoms with Gasteiger partial charge in [0.05, 0.1) is 0 Å². The van der Waals surface area contributed by atoms with Gasteiger partial charge in [0.2, 0.25) is 0 Å². The molecular weight excluding hydrogens is 132 g/mol. The summed E-state index contributed by atoms with van der Waals surface area (Å²) < 4.78 is 4.68. The van der Waals surface area contributed by atoms with Gasteiger partial charge >= 0.3 is 6.09 Å². The van der Waals surface area contributed by atoms with E-state index in [4.69, 9.17) is 11.5 Å². The van der Waals surface area contributed by atoms with E-state index >= 15 is 0 Å². The maximum atomic E-state index is 10.2. The number of hydrogen-bond acceptors (Lipinski definition) is 3. The number of rotatable bonds is 1. The Balaban J connectivity index is 2.21. The fraction of sp³-hybridized carbons (Fsp3) is 0.833. The molecule has 1 saturated carbocycles. The van der Waals surface area contributed by atoms with Gasteiger partial charge in [-0.05, 0) is 6.92 Å². The van der Waals surface area contributed by atoms with Crippen LogP contribution in [0.5, 0.6) is 0 Å². The zero-order valence-electron chi connectivity index (χ0n) is 5.96. The molecule has 1 aliphatic rings. The number of nitrogens with two attached hydrogens (primary N) is 2. The number of amides is 1. The Labute approximate surface area is 59.5 Å². The normalized spacial score (nSPS) is 38.4. The summed E-state index contributed by atoms with van der Waals surface area (Å²) in [6.45, 7) is 1.92. The molecule has 0 radical (unpaired) electrons. The van der Waals surface area contributed by atoms with Gasteiger partial charge in [0.25, 0.3) is 0 Å². The van der Waals surface area contributed by atoms with Gasteiger partial charge in [-0.2, -0.15) is 0 Å². The van der Waals surface area contributed by atoms with Crippen LogP contribution >= 0.6 is 0 Å². The molecule has 0 saturated heterocycles. The Hall–Kier alpha value is -0.770. The zero-order valence-corrected chi connectivity index (χ0v) is 5.96. The van der Waals surface area contributed by atoms with Gasteiger partial charge in [-0.1, -0.05) is 0 Å². The summed E-state index contributed by atoms with van der Waals surface area (Å²) in [7, 11) is 0. The van der Waals surface area contributed by atoms with E-state index in [0.717, 1.165) is 12.8 Å². The van der Waals surface area contributed by atoms with Crippen molar-refractivity contribution in [2.45, 2.75) is 31.4 Å². The highest BCUT2D eigenvalue weighted by molar-refractivity contribution is 5.64. The summed E-state index contributed by atoms with van der Waals surface area (Å²) in [5.74, 6) is 0. The highest BCUT2D eigenvalue weighted by Gasteiger charge is 2.38. The van der Waals surface area contributed by atoms with E-state index in [-0.39, 0.29) is 11.6 Å². The highest BCUT2D eigenvalue weighted by Crippen LogP contribution is 2.31.